The highest BCUT2D eigenvalue weighted by atomic mass is 16.5. The summed E-state index contributed by atoms with van der Waals surface area (Å²) in [7, 11) is 0. The summed E-state index contributed by atoms with van der Waals surface area (Å²) < 4.78 is 5.67. The third-order valence-corrected chi connectivity index (χ3v) is 4.87. The van der Waals surface area contributed by atoms with Crippen LogP contribution >= 0.6 is 0 Å². The smallest absolute Gasteiger partial charge is 0.228 e. The summed E-state index contributed by atoms with van der Waals surface area (Å²) in [5.74, 6) is 0.868. The van der Waals surface area contributed by atoms with Crippen LogP contribution in [-0.4, -0.2) is 42.6 Å². The second kappa shape index (κ2) is 6.71. The van der Waals surface area contributed by atoms with Gasteiger partial charge in [-0.1, -0.05) is 13.3 Å². The molecule has 2 aliphatic rings. The monoisotopic (exact) mass is 268 g/mol. The van der Waals surface area contributed by atoms with Crippen molar-refractivity contribution < 1.29 is 9.53 Å². The summed E-state index contributed by atoms with van der Waals surface area (Å²) >= 11 is 0. The van der Waals surface area contributed by atoms with Gasteiger partial charge in [-0.2, -0.15) is 0 Å². The Morgan fingerprint density at radius 1 is 1.32 bits per heavy atom. The second-order valence-corrected chi connectivity index (χ2v) is 5.83. The van der Waals surface area contributed by atoms with Crippen molar-refractivity contribution >= 4 is 5.91 Å². The highest BCUT2D eigenvalue weighted by Gasteiger charge is 2.40. The maximum atomic E-state index is 12.8. The molecule has 1 heterocycles. The molecule has 1 saturated heterocycles. The van der Waals surface area contributed by atoms with Crippen LogP contribution in [0.2, 0.25) is 0 Å². The zero-order valence-corrected chi connectivity index (χ0v) is 12.3. The molecule has 0 aromatic heterocycles. The van der Waals surface area contributed by atoms with Crippen molar-refractivity contribution in [2.24, 2.45) is 17.6 Å². The van der Waals surface area contributed by atoms with Crippen molar-refractivity contribution in [3.8, 4) is 0 Å². The Kier molecular flexibility index (Phi) is 5.22. The van der Waals surface area contributed by atoms with E-state index >= 15 is 0 Å². The predicted octanol–water partition coefficient (Wildman–Crippen LogP) is 1.78. The molecule has 4 nitrogen and oxygen atoms in total. The van der Waals surface area contributed by atoms with E-state index in [4.69, 9.17) is 10.5 Å². The molecule has 2 rings (SSSR count). The topological polar surface area (TPSA) is 55.6 Å². The Balaban J connectivity index is 2.06. The zero-order valence-electron chi connectivity index (χ0n) is 12.3. The summed E-state index contributed by atoms with van der Waals surface area (Å²) in [5.41, 5.74) is 5.86. The van der Waals surface area contributed by atoms with Gasteiger partial charge < -0.3 is 15.4 Å². The van der Waals surface area contributed by atoms with Crippen LogP contribution in [-0.2, 0) is 9.53 Å². The van der Waals surface area contributed by atoms with Gasteiger partial charge in [0, 0.05) is 19.2 Å². The minimum Gasteiger partial charge on any atom is -0.377 e. The number of nitrogens with two attached hydrogens (primary N) is 1. The third-order valence-electron chi connectivity index (χ3n) is 4.87. The first-order chi connectivity index (χ1) is 9.22. The molecule has 0 aromatic rings. The SMILES string of the molecule is CCC1OCCC1C(=O)N(CC)C1CCCC1CN. The van der Waals surface area contributed by atoms with Crippen molar-refractivity contribution in [3.63, 3.8) is 0 Å². The molecule has 0 bridgehead atoms. The first-order valence-electron chi connectivity index (χ1n) is 7.85. The van der Waals surface area contributed by atoms with Gasteiger partial charge in [0.05, 0.1) is 12.0 Å². The summed E-state index contributed by atoms with van der Waals surface area (Å²) in [6.07, 6.45) is 5.43. The summed E-state index contributed by atoms with van der Waals surface area (Å²) in [5, 5.41) is 0. The van der Waals surface area contributed by atoms with Crippen LogP contribution in [0.25, 0.3) is 0 Å². The van der Waals surface area contributed by atoms with Gasteiger partial charge in [0.1, 0.15) is 0 Å². The van der Waals surface area contributed by atoms with E-state index in [0.717, 1.165) is 32.4 Å². The number of hydrogen-bond donors (Lipinski definition) is 1. The summed E-state index contributed by atoms with van der Waals surface area (Å²) in [6.45, 7) is 6.42. The van der Waals surface area contributed by atoms with Crippen molar-refractivity contribution in [1.82, 2.24) is 4.90 Å². The highest BCUT2D eigenvalue weighted by Crippen LogP contribution is 2.32. The minimum absolute atomic E-state index is 0.0731. The van der Waals surface area contributed by atoms with Crippen molar-refractivity contribution in [2.75, 3.05) is 19.7 Å². The van der Waals surface area contributed by atoms with Crippen LogP contribution in [0.3, 0.4) is 0 Å². The van der Waals surface area contributed by atoms with E-state index < -0.39 is 0 Å². The van der Waals surface area contributed by atoms with Crippen molar-refractivity contribution in [2.45, 2.75) is 58.1 Å². The normalized spacial score (nSPS) is 34.7. The largest absolute Gasteiger partial charge is 0.377 e. The molecule has 110 valence electrons. The molecule has 19 heavy (non-hydrogen) atoms. The van der Waals surface area contributed by atoms with Gasteiger partial charge in [0.2, 0.25) is 5.91 Å². The molecule has 1 aliphatic carbocycles. The number of rotatable bonds is 5. The molecule has 4 atom stereocenters. The average Bonchev–Trinajstić information content (AvgIpc) is 3.07. The molecule has 4 unspecified atom stereocenters. The van der Waals surface area contributed by atoms with Gasteiger partial charge >= 0.3 is 0 Å². The minimum atomic E-state index is 0.0731. The van der Waals surface area contributed by atoms with Gasteiger partial charge in [-0.05, 0) is 45.1 Å². The lowest BCUT2D eigenvalue weighted by Crippen LogP contribution is -2.48. The van der Waals surface area contributed by atoms with Gasteiger partial charge in [0.25, 0.3) is 0 Å². The van der Waals surface area contributed by atoms with Crippen LogP contribution < -0.4 is 5.73 Å². The average molecular weight is 268 g/mol. The van der Waals surface area contributed by atoms with E-state index in [1.165, 1.54) is 12.8 Å². The lowest BCUT2D eigenvalue weighted by molar-refractivity contribution is -0.140. The van der Waals surface area contributed by atoms with Crippen LogP contribution in [0.5, 0.6) is 0 Å². The van der Waals surface area contributed by atoms with Gasteiger partial charge in [-0.3, -0.25) is 4.79 Å². The molecule has 0 radical (unpaired) electrons. The molecule has 1 amide bonds. The fourth-order valence-electron chi connectivity index (χ4n) is 3.80. The molecule has 4 heteroatoms. The number of hydrogen-bond acceptors (Lipinski definition) is 3. The third kappa shape index (κ3) is 2.95. The Hall–Kier alpha value is -0.610. The molecular weight excluding hydrogens is 240 g/mol. The van der Waals surface area contributed by atoms with Crippen LogP contribution in [0.4, 0.5) is 0 Å². The van der Waals surface area contributed by atoms with Gasteiger partial charge in [-0.25, -0.2) is 0 Å². The number of ether oxygens (including phenoxy) is 1. The number of nitrogens with zero attached hydrogens (tertiary/aromatic N) is 1. The fourth-order valence-corrected chi connectivity index (χ4v) is 3.80. The lowest BCUT2D eigenvalue weighted by atomic mass is 9.95. The Morgan fingerprint density at radius 3 is 2.74 bits per heavy atom. The Morgan fingerprint density at radius 2 is 2.11 bits per heavy atom. The van der Waals surface area contributed by atoms with Crippen LogP contribution in [0.1, 0.15) is 46.0 Å². The standard InChI is InChI=1S/C15H28N2O2/c1-3-14-12(8-9-19-14)15(18)17(4-2)13-7-5-6-11(13)10-16/h11-14H,3-10,16H2,1-2H3. The van der Waals surface area contributed by atoms with Gasteiger partial charge in [-0.15, -0.1) is 0 Å². The lowest BCUT2D eigenvalue weighted by Gasteiger charge is -2.34. The van der Waals surface area contributed by atoms with E-state index in [1.54, 1.807) is 0 Å². The van der Waals surface area contributed by atoms with Crippen molar-refractivity contribution in [1.29, 1.82) is 0 Å². The quantitative estimate of drug-likeness (QED) is 0.827. The fraction of sp³-hybridized carbons (Fsp3) is 0.933. The number of amides is 1. The van der Waals surface area contributed by atoms with Crippen molar-refractivity contribution in [3.05, 3.63) is 0 Å². The Bertz CT molecular complexity index is 309. The Labute approximate surface area is 116 Å². The molecule has 2 fully saturated rings. The predicted molar refractivity (Wildman–Crippen MR) is 75.7 cm³/mol. The van der Waals surface area contributed by atoms with Gasteiger partial charge in [0.15, 0.2) is 0 Å². The van der Waals surface area contributed by atoms with Crippen LogP contribution in [0.15, 0.2) is 0 Å². The van der Waals surface area contributed by atoms with E-state index in [9.17, 15) is 4.79 Å². The van der Waals surface area contributed by atoms with E-state index in [1.807, 2.05) is 0 Å². The van der Waals surface area contributed by atoms with E-state index in [2.05, 4.69) is 18.7 Å². The molecule has 0 spiro atoms. The second-order valence-electron chi connectivity index (χ2n) is 5.83. The summed E-state index contributed by atoms with van der Waals surface area (Å²) in [4.78, 5) is 14.9. The number of carbonyl (C=O) groups excluding carboxylic acids is 1. The van der Waals surface area contributed by atoms with E-state index in [-0.39, 0.29) is 12.0 Å². The molecule has 1 saturated carbocycles. The number of carbonyl (C=O) groups is 1. The highest BCUT2D eigenvalue weighted by molar-refractivity contribution is 5.80. The summed E-state index contributed by atoms with van der Waals surface area (Å²) in [6, 6.07) is 0.362. The molecule has 0 aromatic carbocycles. The maximum absolute atomic E-state index is 12.8. The molecular formula is C15H28N2O2. The van der Waals surface area contributed by atoms with E-state index in [0.29, 0.717) is 24.4 Å². The molecule has 2 N–H and O–H groups in total. The maximum Gasteiger partial charge on any atom is 0.228 e. The van der Waals surface area contributed by atoms with Crippen LogP contribution in [0, 0.1) is 11.8 Å². The first-order valence-corrected chi connectivity index (χ1v) is 7.85. The first kappa shape index (κ1) is 14.8. The molecule has 1 aliphatic heterocycles. The zero-order chi connectivity index (χ0) is 13.8.